The van der Waals surface area contributed by atoms with E-state index >= 15 is 0 Å². The van der Waals surface area contributed by atoms with Crippen LogP contribution in [0.4, 0.5) is 9.18 Å². The van der Waals surface area contributed by atoms with Crippen LogP contribution in [0.25, 0.3) is 0 Å². The Morgan fingerprint density at radius 2 is 2.17 bits per heavy atom. The van der Waals surface area contributed by atoms with Gasteiger partial charge in [0.15, 0.2) is 6.10 Å². The molecule has 0 aromatic heterocycles. The number of nitrogens with two attached hydrogens (primary N) is 1. The molecule has 1 fully saturated rings. The van der Waals surface area contributed by atoms with Crippen LogP contribution < -0.4 is 15.8 Å². The lowest BCUT2D eigenvalue weighted by molar-refractivity contribution is -0.133. The van der Waals surface area contributed by atoms with Crippen molar-refractivity contribution in [3.63, 3.8) is 0 Å². The summed E-state index contributed by atoms with van der Waals surface area (Å²) in [6.07, 6.45) is 0.590. The second kappa shape index (κ2) is 7.04. The van der Waals surface area contributed by atoms with Gasteiger partial charge in [0.2, 0.25) is 5.91 Å². The molecule has 0 radical (unpaired) electrons. The third-order valence-electron chi connectivity index (χ3n) is 4.21. The Bertz CT molecular complexity index is 640. The highest BCUT2D eigenvalue weighted by molar-refractivity contribution is 5.81. The zero-order chi connectivity index (χ0) is 17.1. The SMILES string of the molecule is NC(=O)C1CN(C(=O)NC2CCCOc3ccc(F)cc32)CCO1. The predicted molar refractivity (Wildman–Crippen MR) is 82.9 cm³/mol. The lowest BCUT2D eigenvalue weighted by Gasteiger charge is -2.32. The van der Waals surface area contributed by atoms with Crippen LogP contribution in [0.5, 0.6) is 5.75 Å². The van der Waals surface area contributed by atoms with Gasteiger partial charge in [-0.3, -0.25) is 4.79 Å². The van der Waals surface area contributed by atoms with Crippen molar-refractivity contribution in [1.29, 1.82) is 0 Å². The standard InChI is InChI=1S/C16H20FN3O4/c17-10-3-4-13-11(8-10)12(2-1-6-23-13)19-16(22)20-5-7-24-14(9-20)15(18)21/h3-4,8,12,14H,1-2,5-7,9H2,(H2,18,21)(H,19,22). The number of fused-ring (bicyclic) bond motifs is 1. The molecular formula is C16H20FN3O4. The minimum absolute atomic E-state index is 0.112. The quantitative estimate of drug-likeness (QED) is 0.840. The second-order valence-corrected chi connectivity index (χ2v) is 5.88. The number of rotatable bonds is 2. The zero-order valence-corrected chi connectivity index (χ0v) is 13.2. The van der Waals surface area contributed by atoms with Crippen LogP contribution in [0, 0.1) is 5.82 Å². The summed E-state index contributed by atoms with van der Waals surface area (Å²) in [5.74, 6) is -0.391. The molecular weight excluding hydrogens is 317 g/mol. The van der Waals surface area contributed by atoms with Gasteiger partial charge in [-0.05, 0) is 31.0 Å². The Morgan fingerprint density at radius 3 is 2.96 bits per heavy atom. The van der Waals surface area contributed by atoms with E-state index in [2.05, 4.69) is 5.32 Å². The fourth-order valence-corrected chi connectivity index (χ4v) is 2.94. The molecule has 2 atom stereocenters. The lowest BCUT2D eigenvalue weighted by Crippen LogP contribution is -2.53. The summed E-state index contributed by atoms with van der Waals surface area (Å²) in [5.41, 5.74) is 5.86. The highest BCUT2D eigenvalue weighted by Crippen LogP contribution is 2.32. The van der Waals surface area contributed by atoms with Crippen molar-refractivity contribution in [1.82, 2.24) is 10.2 Å². The number of hydrogen-bond donors (Lipinski definition) is 2. The van der Waals surface area contributed by atoms with Crippen molar-refractivity contribution < 1.29 is 23.5 Å². The van der Waals surface area contributed by atoms with E-state index in [1.165, 1.54) is 17.0 Å². The van der Waals surface area contributed by atoms with Crippen LogP contribution in [0.1, 0.15) is 24.4 Å². The van der Waals surface area contributed by atoms with E-state index in [9.17, 15) is 14.0 Å². The van der Waals surface area contributed by atoms with Gasteiger partial charge < -0.3 is 25.4 Å². The molecule has 2 aliphatic heterocycles. The molecule has 2 aliphatic rings. The Hall–Kier alpha value is -2.35. The van der Waals surface area contributed by atoms with Gasteiger partial charge in [0.1, 0.15) is 11.6 Å². The molecule has 1 saturated heterocycles. The van der Waals surface area contributed by atoms with Gasteiger partial charge in [0, 0.05) is 12.1 Å². The van der Waals surface area contributed by atoms with Crippen LogP contribution in [-0.2, 0) is 9.53 Å². The average Bonchev–Trinajstić information content (AvgIpc) is 2.77. The third-order valence-corrected chi connectivity index (χ3v) is 4.21. The molecule has 1 aromatic rings. The van der Waals surface area contributed by atoms with E-state index in [0.717, 1.165) is 6.42 Å². The first-order valence-corrected chi connectivity index (χ1v) is 7.93. The number of primary amides is 1. The summed E-state index contributed by atoms with van der Waals surface area (Å²) in [6.45, 7) is 1.25. The van der Waals surface area contributed by atoms with E-state index in [-0.39, 0.29) is 31.0 Å². The normalized spacial score (nSPS) is 23.6. The van der Waals surface area contributed by atoms with Crippen molar-refractivity contribution in [2.45, 2.75) is 25.0 Å². The zero-order valence-electron chi connectivity index (χ0n) is 13.2. The third kappa shape index (κ3) is 3.59. The maximum atomic E-state index is 13.6. The average molecular weight is 337 g/mol. The molecule has 3 rings (SSSR count). The molecule has 0 aliphatic carbocycles. The molecule has 3 amide bonds. The van der Waals surface area contributed by atoms with Crippen molar-refractivity contribution in [3.05, 3.63) is 29.6 Å². The molecule has 24 heavy (non-hydrogen) atoms. The molecule has 3 N–H and O–H groups in total. The number of halogens is 1. The van der Waals surface area contributed by atoms with Gasteiger partial charge in [-0.15, -0.1) is 0 Å². The smallest absolute Gasteiger partial charge is 0.318 e. The summed E-state index contributed by atoms with van der Waals surface area (Å²) in [5, 5.41) is 2.90. The fourth-order valence-electron chi connectivity index (χ4n) is 2.94. The van der Waals surface area contributed by atoms with Crippen LogP contribution in [-0.4, -0.2) is 49.2 Å². The maximum Gasteiger partial charge on any atom is 0.318 e. The number of amides is 3. The Labute approximate surface area is 138 Å². The molecule has 2 heterocycles. The molecule has 130 valence electrons. The van der Waals surface area contributed by atoms with Crippen molar-refractivity contribution in [3.8, 4) is 5.75 Å². The topological polar surface area (TPSA) is 93.9 Å². The summed E-state index contributed by atoms with van der Waals surface area (Å²) in [7, 11) is 0. The van der Waals surface area contributed by atoms with E-state index in [0.29, 0.717) is 30.9 Å². The number of carbonyl (C=O) groups is 2. The van der Waals surface area contributed by atoms with Crippen LogP contribution in [0.15, 0.2) is 18.2 Å². The number of urea groups is 1. The maximum absolute atomic E-state index is 13.6. The number of morpholine rings is 1. The molecule has 0 spiro atoms. The number of benzene rings is 1. The first-order valence-electron chi connectivity index (χ1n) is 7.93. The van der Waals surface area contributed by atoms with Crippen molar-refractivity contribution in [2.24, 2.45) is 5.73 Å². The highest BCUT2D eigenvalue weighted by atomic mass is 19.1. The van der Waals surface area contributed by atoms with Gasteiger partial charge in [-0.25, -0.2) is 9.18 Å². The monoisotopic (exact) mass is 337 g/mol. The van der Waals surface area contributed by atoms with Crippen LogP contribution in [0.2, 0.25) is 0 Å². The van der Waals surface area contributed by atoms with Gasteiger partial charge in [0.25, 0.3) is 0 Å². The number of ether oxygens (including phenoxy) is 2. The summed E-state index contributed by atoms with van der Waals surface area (Å²) in [4.78, 5) is 25.2. The molecule has 0 bridgehead atoms. The van der Waals surface area contributed by atoms with Crippen LogP contribution in [0.3, 0.4) is 0 Å². The Balaban J connectivity index is 1.72. The van der Waals surface area contributed by atoms with Gasteiger partial charge in [-0.2, -0.15) is 0 Å². The number of hydrogen-bond acceptors (Lipinski definition) is 4. The van der Waals surface area contributed by atoms with E-state index in [1.807, 2.05) is 0 Å². The fraction of sp³-hybridized carbons (Fsp3) is 0.500. The largest absolute Gasteiger partial charge is 0.493 e. The molecule has 7 nitrogen and oxygen atoms in total. The number of nitrogens with one attached hydrogen (secondary N) is 1. The minimum Gasteiger partial charge on any atom is -0.493 e. The summed E-state index contributed by atoms with van der Waals surface area (Å²) < 4.78 is 24.4. The molecule has 0 saturated carbocycles. The first-order chi connectivity index (χ1) is 11.5. The molecule has 2 unspecified atom stereocenters. The minimum atomic E-state index is -0.799. The Morgan fingerprint density at radius 1 is 1.33 bits per heavy atom. The van der Waals surface area contributed by atoms with E-state index < -0.39 is 12.0 Å². The van der Waals surface area contributed by atoms with E-state index in [4.69, 9.17) is 15.2 Å². The Kier molecular flexibility index (Phi) is 4.84. The second-order valence-electron chi connectivity index (χ2n) is 5.88. The summed E-state index contributed by atoms with van der Waals surface area (Å²) >= 11 is 0. The van der Waals surface area contributed by atoms with Crippen molar-refractivity contribution >= 4 is 11.9 Å². The van der Waals surface area contributed by atoms with Crippen molar-refractivity contribution in [2.75, 3.05) is 26.3 Å². The number of nitrogens with zero attached hydrogens (tertiary/aromatic N) is 1. The number of carbonyl (C=O) groups excluding carboxylic acids is 2. The van der Waals surface area contributed by atoms with E-state index in [1.54, 1.807) is 6.07 Å². The van der Waals surface area contributed by atoms with Gasteiger partial charge in [-0.1, -0.05) is 0 Å². The highest BCUT2D eigenvalue weighted by Gasteiger charge is 2.30. The van der Waals surface area contributed by atoms with Gasteiger partial charge in [0.05, 0.1) is 25.8 Å². The lowest BCUT2D eigenvalue weighted by atomic mass is 10.0. The first kappa shape index (κ1) is 16.5. The molecule has 1 aromatic carbocycles. The predicted octanol–water partition coefficient (Wildman–Crippen LogP) is 0.935. The van der Waals surface area contributed by atoms with Gasteiger partial charge >= 0.3 is 6.03 Å². The summed E-state index contributed by atoms with van der Waals surface area (Å²) in [6, 6.07) is 3.62. The van der Waals surface area contributed by atoms with Crippen LogP contribution >= 0.6 is 0 Å². The molecule has 8 heteroatoms.